The van der Waals surface area contributed by atoms with Crippen molar-refractivity contribution in [1.82, 2.24) is 24.6 Å². The molecule has 2 aliphatic heterocycles. The van der Waals surface area contributed by atoms with Gasteiger partial charge in [0.25, 0.3) is 5.91 Å². The van der Waals surface area contributed by atoms with E-state index in [2.05, 4.69) is 10.1 Å². The topological polar surface area (TPSA) is 73.1 Å². The van der Waals surface area contributed by atoms with E-state index in [9.17, 15) is 4.79 Å². The number of aryl methyl sites for hydroxylation is 2. The number of ether oxygens (including phenoxy) is 1. The normalized spacial score (nSPS) is 17.7. The maximum Gasteiger partial charge on any atom is 0.272 e. The molecule has 0 aliphatic carbocycles. The first-order valence-electron chi connectivity index (χ1n) is 10.4. The SMILES string of the molecule is Cc1cc(C(=O)N2CCC3(CC2)OCCc2cnc(-c4ccccc4)nc23)n(C)n1. The first-order chi connectivity index (χ1) is 14.6. The van der Waals surface area contributed by atoms with Gasteiger partial charge in [-0.1, -0.05) is 30.3 Å². The molecule has 0 radical (unpaired) electrons. The van der Waals surface area contributed by atoms with Crippen molar-refractivity contribution in [3.05, 3.63) is 65.2 Å². The fraction of sp³-hybridized carbons (Fsp3) is 0.391. The Morgan fingerprint density at radius 1 is 1.17 bits per heavy atom. The average molecular weight is 403 g/mol. The van der Waals surface area contributed by atoms with Crippen LogP contribution < -0.4 is 0 Å². The minimum atomic E-state index is -0.445. The van der Waals surface area contributed by atoms with Gasteiger partial charge in [-0.25, -0.2) is 9.97 Å². The van der Waals surface area contributed by atoms with Crippen molar-refractivity contribution in [3.8, 4) is 11.4 Å². The number of carbonyl (C=O) groups is 1. The lowest BCUT2D eigenvalue weighted by Gasteiger charge is -2.44. The van der Waals surface area contributed by atoms with Crippen LogP contribution in [0.3, 0.4) is 0 Å². The summed E-state index contributed by atoms with van der Waals surface area (Å²) < 4.78 is 8.00. The molecule has 5 rings (SSSR count). The largest absolute Gasteiger partial charge is 0.368 e. The highest BCUT2D eigenvalue weighted by molar-refractivity contribution is 5.92. The van der Waals surface area contributed by atoms with Gasteiger partial charge in [-0.15, -0.1) is 0 Å². The van der Waals surface area contributed by atoms with Gasteiger partial charge in [-0.05, 0) is 37.8 Å². The fourth-order valence-corrected chi connectivity index (χ4v) is 4.56. The molecule has 154 valence electrons. The maximum absolute atomic E-state index is 13.0. The molecule has 1 saturated heterocycles. The van der Waals surface area contributed by atoms with E-state index in [0.29, 0.717) is 25.4 Å². The van der Waals surface area contributed by atoms with Crippen LogP contribution in [-0.2, 0) is 23.8 Å². The molecular weight excluding hydrogens is 378 g/mol. The van der Waals surface area contributed by atoms with Gasteiger partial charge in [0.05, 0.1) is 18.0 Å². The minimum Gasteiger partial charge on any atom is -0.368 e. The van der Waals surface area contributed by atoms with E-state index in [0.717, 1.165) is 47.6 Å². The van der Waals surface area contributed by atoms with Crippen LogP contribution in [0.1, 0.15) is 40.3 Å². The molecule has 7 nitrogen and oxygen atoms in total. The fourth-order valence-electron chi connectivity index (χ4n) is 4.56. The predicted octanol–water partition coefficient (Wildman–Crippen LogP) is 2.89. The van der Waals surface area contributed by atoms with Gasteiger partial charge in [-0.3, -0.25) is 9.48 Å². The molecule has 30 heavy (non-hydrogen) atoms. The Morgan fingerprint density at radius 3 is 2.63 bits per heavy atom. The van der Waals surface area contributed by atoms with Crippen molar-refractivity contribution in [1.29, 1.82) is 0 Å². The monoisotopic (exact) mass is 403 g/mol. The molecule has 0 unspecified atom stereocenters. The summed E-state index contributed by atoms with van der Waals surface area (Å²) >= 11 is 0. The van der Waals surface area contributed by atoms with Crippen LogP contribution >= 0.6 is 0 Å². The summed E-state index contributed by atoms with van der Waals surface area (Å²) in [5, 5.41) is 4.31. The number of amides is 1. The molecule has 1 fully saturated rings. The molecule has 0 saturated carbocycles. The van der Waals surface area contributed by atoms with Crippen LogP contribution in [-0.4, -0.2) is 50.3 Å². The van der Waals surface area contributed by atoms with Crippen molar-refractivity contribution in [2.45, 2.75) is 31.8 Å². The van der Waals surface area contributed by atoms with Gasteiger partial charge in [0.2, 0.25) is 0 Å². The van der Waals surface area contributed by atoms with Gasteiger partial charge in [-0.2, -0.15) is 5.10 Å². The summed E-state index contributed by atoms with van der Waals surface area (Å²) in [5.74, 6) is 0.750. The van der Waals surface area contributed by atoms with E-state index in [4.69, 9.17) is 9.72 Å². The summed E-state index contributed by atoms with van der Waals surface area (Å²) in [6, 6.07) is 11.9. The molecule has 1 aromatic carbocycles. The molecule has 3 aromatic rings. The Labute approximate surface area is 175 Å². The zero-order chi connectivity index (χ0) is 20.7. The molecule has 1 spiro atoms. The number of benzene rings is 1. The Kier molecular flexibility index (Phi) is 4.62. The van der Waals surface area contributed by atoms with E-state index in [-0.39, 0.29) is 5.91 Å². The van der Waals surface area contributed by atoms with E-state index >= 15 is 0 Å². The average Bonchev–Trinajstić information content (AvgIpc) is 3.12. The van der Waals surface area contributed by atoms with Crippen molar-refractivity contribution in [2.75, 3.05) is 19.7 Å². The molecule has 1 amide bonds. The maximum atomic E-state index is 13.0. The first-order valence-corrected chi connectivity index (χ1v) is 10.4. The molecule has 0 atom stereocenters. The number of aromatic nitrogens is 4. The number of nitrogens with zero attached hydrogens (tertiary/aromatic N) is 5. The number of hydrogen-bond acceptors (Lipinski definition) is 5. The summed E-state index contributed by atoms with van der Waals surface area (Å²) in [5.41, 5.74) is 4.18. The third kappa shape index (κ3) is 3.19. The highest BCUT2D eigenvalue weighted by atomic mass is 16.5. The molecule has 0 N–H and O–H groups in total. The van der Waals surface area contributed by atoms with Crippen molar-refractivity contribution in [2.24, 2.45) is 7.05 Å². The number of hydrogen-bond donors (Lipinski definition) is 0. The van der Waals surface area contributed by atoms with Crippen LogP contribution in [0, 0.1) is 6.92 Å². The first kappa shape index (κ1) is 18.9. The van der Waals surface area contributed by atoms with E-state index < -0.39 is 5.60 Å². The van der Waals surface area contributed by atoms with Crippen molar-refractivity contribution in [3.63, 3.8) is 0 Å². The molecular formula is C23H25N5O2. The van der Waals surface area contributed by atoms with E-state index in [1.165, 1.54) is 0 Å². The van der Waals surface area contributed by atoms with Gasteiger partial charge in [0.1, 0.15) is 11.3 Å². The van der Waals surface area contributed by atoms with Crippen LogP contribution in [0.4, 0.5) is 0 Å². The predicted molar refractivity (Wildman–Crippen MR) is 112 cm³/mol. The zero-order valence-electron chi connectivity index (χ0n) is 17.3. The van der Waals surface area contributed by atoms with Gasteiger partial charge in [0.15, 0.2) is 5.82 Å². The Balaban J connectivity index is 1.41. The van der Waals surface area contributed by atoms with E-state index in [1.54, 1.807) is 4.68 Å². The second kappa shape index (κ2) is 7.32. The molecule has 2 aromatic heterocycles. The quantitative estimate of drug-likeness (QED) is 0.658. The second-order valence-electron chi connectivity index (χ2n) is 8.11. The third-order valence-electron chi connectivity index (χ3n) is 6.16. The molecule has 0 bridgehead atoms. The number of rotatable bonds is 2. The number of fused-ring (bicyclic) bond motifs is 2. The van der Waals surface area contributed by atoms with Crippen LogP contribution in [0.15, 0.2) is 42.6 Å². The van der Waals surface area contributed by atoms with Crippen LogP contribution in [0.2, 0.25) is 0 Å². The lowest BCUT2D eigenvalue weighted by atomic mass is 9.83. The zero-order valence-corrected chi connectivity index (χ0v) is 17.3. The summed E-state index contributed by atoms with van der Waals surface area (Å²) in [6.07, 6.45) is 4.23. The van der Waals surface area contributed by atoms with Crippen molar-refractivity contribution < 1.29 is 9.53 Å². The number of piperidine rings is 1. The summed E-state index contributed by atoms with van der Waals surface area (Å²) in [7, 11) is 1.81. The smallest absolute Gasteiger partial charge is 0.272 e. The highest BCUT2D eigenvalue weighted by Gasteiger charge is 2.43. The second-order valence-corrected chi connectivity index (χ2v) is 8.11. The third-order valence-corrected chi connectivity index (χ3v) is 6.16. The Bertz CT molecular complexity index is 1080. The highest BCUT2D eigenvalue weighted by Crippen LogP contribution is 2.41. The standard InChI is InChI=1S/C23H25N5O2/c1-16-14-19(27(2)26-16)22(29)28-11-9-23(10-12-28)20-18(8-13-30-23)15-24-21(25-20)17-6-4-3-5-7-17/h3-7,14-15H,8-13H2,1-2H3. The van der Waals surface area contributed by atoms with Crippen LogP contribution in [0.25, 0.3) is 11.4 Å². The molecule has 2 aliphatic rings. The van der Waals surface area contributed by atoms with Crippen LogP contribution in [0.5, 0.6) is 0 Å². The summed E-state index contributed by atoms with van der Waals surface area (Å²) in [4.78, 5) is 24.4. The van der Waals surface area contributed by atoms with Crippen molar-refractivity contribution >= 4 is 5.91 Å². The van der Waals surface area contributed by atoms with Gasteiger partial charge >= 0.3 is 0 Å². The lowest BCUT2D eigenvalue weighted by molar-refractivity contribution is -0.0967. The van der Waals surface area contributed by atoms with Gasteiger partial charge in [0, 0.05) is 31.9 Å². The number of carbonyl (C=O) groups excluding carboxylic acids is 1. The van der Waals surface area contributed by atoms with Gasteiger partial charge < -0.3 is 9.64 Å². The van der Waals surface area contributed by atoms with E-state index in [1.807, 2.05) is 61.5 Å². The Morgan fingerprint density at radius 2 is 1.93 bits per heavy atom. The Hall–Kier alpha value is -3.06. The molecule has 4 heterocycles. The lowest BCUT2D eigenvalue weighted by Crippen LogP contribution is -2.49. The summed E-state index contributed by atoms with van der Waals surface area (Å²) in [6.45, 7) is 3.83. The number of likely N-dealkylation sites (tertiary alicyclic amines) is 1. The molecule has 7 heteroatoms. The minimum absolute atomic E-state index is 0.0247.